The number of amides is 1. The number of rotatable bonds is 5. The largest absolute Gasteiger partial charge is 0.342 e. The average molecular weight is 410 g/mol. The van der Waals surface area contributed by atoms with E-state index in [-0.39, 0.29) is 29.9 Å². The van der Waals surface area contributed by atoms with Gasteiger partial charge in [0.2, 0.25) is 0 Å². The molecule has 1 aliphatic rings. The molecule has 0 atom stereocenters. The van der Waals surface area contributed by atoms with E-state index in [0.29, 0.717) is 34.4 Å². The number of benzene rings is 1. The SMILES string of the molecule is CCc1cc(C#N)cc(F)c1N(C)c1nc(NC(=O)C2(F)CC2)c2[nH]cnc2c1C. The van der Waals surface area contributed by atoms with Gasteiger partial charge < -0.3 is 15.2 Å². The third kappa shape index (κ3) is 3.14. The van der Waals surface area contributed by atoms with Crippen molar-refractivity contribution in [2.24, 2.45) is 0 Å². The molecule has 3 aromatic rings. The lowest BCUT2D eigenvalue weighted by atomic mass is 10.0. The van der Waals surface area contributed by atoms with Gasteiger partial charge in [-0.15, -0.1) is 0 Å². The zero-order valence-electron chi connectivity index (χ0n) is 16.8. The minimum absolute atomic E-state index is 0.135. The maximum atomic E-state index is 14.9. The summed E-state index contributed by atoms with van der Waals surface area (Å²) < 4.78 is 29.1. The zero-order chi connectivity index (χ0) is 21.6. The van der Waals surface area contributed by atoms with Gasteiger partial charge in [0.1, 0.15) is 17.2 Å². The molecule has 4 rings (SSSR count). The highest BCUT2D eigenvalue weighted by atomic mass is 19.1. The van der Waals surface area contributed by atoms with E-state index >= 15 is 0 Å². The van der Waals surface area contributed by atoms with Gasteiger partial charge in [0.15, 0.2) is 11.5 Å². The van der Waals surface area contributed by atoms with Crippen LogP contribution in [0.3, 0.4) is 0 Å². The van der Waals surface area contributed by atoms with Crippen molar-refractivity contribution >= 4 is 34.3 Å². The number of H-pyrrole nitrogens is 1. The fourth-order valence-corrected chi connectivity index (χ4v) is 3.56. The quantitative estimate of drug-likeness (QED) is 0.661. The van der Waals surface area contributed by atoms with E-state index in [2.05, 4.69) is 20.3 Å². The maximum absolute atomic E-state index is 14.9. The van der Waals surface area contributed by atoms with Crippen molar-refractivity contribution in [1.29, 1.82) is 5.26 Å². The van der Waals surface area contributed by atoms with Crippen molar-refractivity contribution < 1.29 is 13.6 Å². The van der Waals surface area contributed by atoms with Gasteiger partial charge in [-0.3, -0.25) is 4.79 Å². The van der Waals surface area contributed by atoms with Crippen LogP contribution in [0.1, 0.15) is 36.5 Å². The number of hydrogen-bond donors (Lipinski definition) is 2. The van der Waals surface area contributed by atoms with E-state index in [1.807, 2.05) is 13.0 Å². The normalized spacial score (nSPS) is 14.4. The number of imidazole rings is 1. The summed E-state index contributed by atoms with van der Waals surface area (Å²) in [6, 6.07) is 4.78. The smallest absolute Gasteiger partial charge is 0.263 e. The van der Waals surface area contributed by atoms with E-state index in [1.165, 1.54) is 12.4 Å². The summed E-state index contributed by atoms with van der Waals surface area (Å²) in [6.07, 6.45) is 2.32. The van der Waals surface area contributed by atoms with Crippen LogP contribution in [0.5, 0.6) is 0 Å². The second-order valence-electron chi connectivity index (χ2n) is 7.44. The molecular weight excluding hydrogens is 390 g/mol. The molecule has 7 nitrogen and oxygen atoms in total. The molecule has 154 valence electrons. The Balaban J connectivity index is 1.84. The van der Waals surface area contributed by atoms with Crippen LogP contribution in [0.15, 0.2) is 18.5 Å². The van der Waals surface area contributed by atoms with Gasteiger partial charge >= 0.3 is 0 Å². The Labute approximate surface area is 171 Å². The minimum atomic E-state index is -1.86. The maximum Gasteiger partial charge on any atom is 0.263 e. The van der Waals surface area contributed by atoms with Crippen LogP contribution in [0.4, 0.5) is 26.1 Å². The highest BCUT2D eigenvalue weighted by Crippen LogP contribution is 2.41. The first-order valence-corrected chi connectivity index (χ1v) is 9.59. The number of nitriles is 1. The number of aryl methyl sites for hydroxylation is 2. The van der Waals surface area contributed by atoms with Gasteiger partial charge in [-0.05, 0) is 43.9 Å². The molecule has 2 N–H and O–H groups in total. The van der Waals surface area contributed by atoms with Crippen LogP contribution in [0, 0.1) is 24.1 Å². The third-order valence-corrected chi connectivity index (χ3v) is 5.42. The summed E-state index contributed by atoms with van der Waals surface area (Å²) in [4.78, 5) is 25.5. The molecule has 0 radical (unpaired) electrons. The lowest BCUT2D eigenvalue weighted by Gasteiger charge is -2.24. The second-order valence-corrected chi connectivity index (χ2v) is 7.44. The van der Waals surface area contributed by atoms with Crippen molar-refractivity contribution in [1.82, 2.24) is 15.0 Å². The molecule has 1 aliphatic carbocycles. The van der Waals surface area contributed by atoms with E-state index in [1.54, 1.807) is 24.9 Å². The van der Waals surface area contributed by atoms with Crippen molar-refractivity contribution in [3.63, 3.8) is 0 Å². The molecular formula is C21H20F2N6O. The predicted octanol–water partition coefficient (Wildman–Crippen LogP) is 4.05. The Kier molecular flexibility index (Phi) is 4.65. The van der Waals surface area contributed by atoms with Gasteiger partial charge in [-0.2, -0.15) is 5.26 Å². The summed E-state index contributed by atoms with van der Waals surface area (Å²) in [7, 11) is 1.65. The van der Waals surface area contributed by atoms with Gasteiger partial charge in [0, 0.05) is 12.6 Å². The summed E-state index contributed by atoms with van der Waals surface area (Å²) in [5.74, 6) is -0.798. The lowest BCUT2D eigenvalue weighted by molar-refractivity contribution is -0.122. The molecule has 1 aromatic carbocycles. The Morgan fingerprint density at radius 1 is 1.43 bits per heavy atom. The molecule has 0 saturated heterocycles. The number of fused-ring (bicyclic) bond motifs is 1. The molecule has 1 saturated carbocycles. The van der Waals surface area contributed by atoms with Crippen molar-refractivity contribution in [2.45, 2.75) is 38.8 Å². The Hall–Kier alpha value is -3.54. The number of nitrogens with one attached hydrogen (secondary N) is 2. The number of anilines is 3. The Morgan fingerprint density at radius 3 is 2.80 bits per heavy atom. The van der Waals surface area contributed by atoms with Crippen LogP contribution < -0.4 is 10.2 Å². The van der Waals surface area contributed by atoms with Gasteiger partial charge in [-0.1, -0.05) is 6.92 Å². The fourth-order valence-electron chi connectivity index (χ4n) is 3.56. The van der Waals surface area contributed by atoms with Crippen LogP contribution in [0.25, 0.3) is 11.0 Å². The van der Waals surface area contributed by atoms with Gasteiger partial charge in [-0.25, -0.2) is 18.7 Å². The van der Waals surface area contributed by atoms with Crippen molar-refractivity contribution in [3.05, 3.63) is 41.0 Å². The van der Waals surface area contributed by atoms with Crippen LogP contribution in [-0.2, 0) is 11.2 Å². The number of halogens is 2. The van der Waals surface area contributed by atoms with E-state index in [0.717, 1.165) is 0 Å². The van der Waals surface area contributed by atoms with E-state index in [4.69, 9.17) is 5.26 Å². The summed E-state index contributed by atoms with van der Waals surface area (Å²) in [5, 5.41) is 11.7. The van der Waals surface area contributed by atoms with Gasteiger partial charge in [0.25, 0.3) is 5.91 Å². The first-order valence-electron chi connectivity index (χ1n) is 9.59. The van der Waals surface area contributed by atoms with Crippen LogP contribution in [0.2, 0.25) is 0 Å². The monoisotopic (exact) mass is 410 g/mol. The number of carbonyl (C=O) groups is 1. The third-order valence-electron chi connectivity index (χ3n) is 5.42. The molecule has 0 unspecified atom stereocenters. The number of aromatic nitrogens is 3. The zero-order valence-corrected chi connectivity index (χ0v) is 16.8. The molecule has 2 aromatic heterocycles. The van der Waals surface area contributed by atoms with Crippen LogP contribution in [-0.4, -0.2) is 33.6 Å². The highest BCUT2D eigenvalue weighted by molar-refractivity contribution is 6.04. The summed E-state index contributed by atoms with van der Waals surface area (Å²) in [5.41, 5.74) is 0.973. The number of aromatic amines is 1. The first-order chi connectivity index (χ1) is 14.3. The summed E-state index contributed by atoms with van der Waals surface area (Å²) >= 11 is 0. The number of pyridine rings is 1. The number of alkyl halides is 1. The molecule has 0 bridgehead atoms. The number of nitrogens with zero attached hydrogens (tertiary/aromatic N) is 4. The first kappa shape index (κ1) is 19.8. The molecule has 2 heterocycles. The highest BCUT2D eigenvalue weighted by Gasteiger charge is 2.51. The topological polar surface area (TPSA) is 97.7 Å². The molecule has 1 fully saturated rings. The Morgan fingerprint density at radius 2 is 2.17 bits per heavy atom. The van der Waals surface area contributed by atoms with Crippen molar-refractivity contribution in [2.75, 3.05) is 17.3 Å². The lowest BCUT2D eigenvalue weighted by Crippen LogP contribution is -2.26. The second kappa shape index (κ2) is 7.06. The molecule has 9 heteroatoms. The standard InChI is InChI=1S/C21H20F2N6O/c1-4-13-7-12(9-24)8-14(22)17(13)29(3)19-11(2)15-16(26-10-25-15)18(27-19)28-20(30)21(23)5-6-21/h7-8,10H,4-6H2,1-3H3,(H,25,26)(H,27,28,30). The number of hydrogen-bond acceptors (Lipinski definition) is 5. The average Bonchev–Trinajstić information content (AvgIpc) is 3.28. The van der Waals surface area contributed by atoms with Gasteiger partial charge in [0.05, 0.1) is 29.2 Å². The molecule has 1 amide bonds. The van der Waals surface area contributed by atoms with Crippen LogP contribution >= 0.6 is 0 Å². The minimum Gasteiger partial charge on any atom is -0.342 e. The number of carbonyl (C=O) groups excluding carboxylic acids is 1. The fraction of sp³-hybridized carbons (Fsp3) is 0.333. The van der Waals surface area contributed by atoms with E-state index < -0.39 is 17.4 Å². The molecule has 0 spiro atoms. The van der Waals surface area contributed by atoms with E-state index in [9.17, 15) is 13.6 Å². The summed E-state index contributed by atoms with van der Waals surface area (Å²) in [6.45, 7) is 3.66. The Bertz CT molecular complexity index is 1210. The predicted molar refractivity (Wildman–Crippen MR) is 109 cm³/mol. The molecule has 0 aliphatic heterocycles. The van der Waals surface area contributed by atoms with Crippen molar-refractivity contribution in [3.8, 4) is 6.07 Å². The molecule has 30 heavy (non-hydrogen) atoms.